The minimum absolute atomic E-state index is 0.0110. The van der Waals surface area contributed by atoms with Gasteiger partial charge in [-0.2, -0.15) is 0 Å². The van der Waals surface area contributed by atoms with E-state index in [2.05, 4.69) is 0 Å². The lowest BCUT2D eigenvalue weighted by atomic mass is 10.1. The van der Waals surface area contributed by atoms with E-state index in [9.17, 15) is 19.2 Å². The van der Waals surface area contributed by atoms with E-state index in [0.717, 1.165) is 0 Å². The van der Waals surface area contributed by atoms with Crippen LogP contribution in [-0.2, 0) is 23.9 Å². The van der Waals surface area contributed by atoms with Crippen LogP contribution in [0, 0.1) is 0 Å². The summed E-state index contributed by atoms with van der Waals surface area (Å²) in [6.07, 6.45) is -0.139. The molecule has 0 bridgehead atoms. The largest absolute Gasteiger partial charge is 0.458 e. The summed E-state index contributed by atoms with van der Waals surface area (Å²) in [6.45, 7) is 9.92. The van der Waals surface area contributed by atoms with Crippen molar-refractivity contribution in [2.45, 2.75) is 71.6 Å². The number of hydrogen-bond acceptors (Lipinski definition) is 6. The molecule has 0 aromatic heterocycles. The second-order valence-corrected chi connectivity index (χ2v) is 6.79. The lowest BCUT2D eigenvalue weighted by Crippen LogP contribution is -2.48. The zero-order valence-electron chi connectivity index (χ0n) is 14.0. The molecular formula is C15H25NO6. The fraction of sp³-hybridized carbons (Fsp3) is 0.733. The number of hydrogen-bond donors (Lipinski definition) is 0. The highest BCUT2D eigenvalue weighted by atomic mass is 16.6. The van der Waals surface area contributed by atoms with E-state index in [0.29, 0.717) is 11.2 Å². The van der Waals surface area contributed by atoms with Crippen molar-refractivity contribution >= 4 is 24.8 Å². The van der Waals surface area contributed by atoms with Gasteiger partial charge in [-0.25, -0.2) is 14.5 Å². The zero-order chi connectivity index (χ0) is 17.6. The molecule has 0 fully saturated rings. The third-order valence-corrected chi connectivity index (χ3v) is 2.29. The Hall–Kier alpha value is -1.92. The summed E-state index contributed by atoms with van der Waals surface area (Å²) >= 11 is 0. The first-order chi connectivity index (χ1) is 9.91. The Kier molecular flexibility index (Phi) is 7.22. The predicted octanol–water partition coefficient (Wildman–Crippen LogP) is 2.07. The predicted molar refractivity (Wildman–Crippen MR) is 79.1 cm³/mol. The van der Waals surface area contributed by atoms with Gasteiger partial charge in [0, 0.05) is 6.42 Å². The number of carbonyl (C=O) groups is 4. The lowest BCUT2D eigenvalue weighted by Gasteiger charge is -2.30. The second kappa shape index (κ2) is 7.91. The van der Waals surface area contributed by atoms with E-state index in [-0.39, 0.29) is 19.3 Å². The summed E-state index contributed by atoms with van der Waals surface area (Å²) in [5.41, 5.74) is -1.60. The van der Waals surface area contributed by atoms with Crippen LogP contribution in [0.15, 0.2) is 0 Å². The van der Waals surface area contributed by atoms with Crippen LogP contribution in [0.25, 0.3) is 0 Å². The van der Waals surface area contributed by atoms with Crippen LogP contribution in [-0.4, -0.2) is 46.9 Å². The number of ether oxygens (including phenoxy) is 2. The highest BCUT2D eigenvalue weighted by molar-refractivity contribution is 5.89. The molecule has 1 atom stereocenters. The number of nitrogens with zero attached hydrogens (tertiary/aromatic N) is 1. The van der Waals surface area contributed by atoms with E-state index < -0.39 is 29.3 Å². The Labute approximate surface area is 130 Å². The molecule has 0 N–H and O–H groups in total. The molecule has 0 aliphatic heterocycles. The van der Waals surface area contributed by atoms with Gasteiger partial charge in [-0.15, -0.1) is 0 Å². The molecule has 126 valence electrons. The first-order valence-corrected chi connectivity index (χ1v) is 7.04. The molecule has 0 saturated heterocycles. The topological polar surface area (TPSA) is 90.0 Å². The molecule has 0 rings (SSSR count). The maximum absolute atomic E-state index is 12.2. The number of carbonyl (C=O) groups excluding carboxylic acids is 4. The summed E-state index contributed by atoms with van der Waals surface area (Å²) < 4.78 is 10.3. The monoisotopic (exact) mass is 315 g/mol. The molecule has 0 aromatic rings. The quantitative estimate of drug-likeness (QED) is 0.550. The van der Waals surface area contributed by atoms with E-state index in [1.807, 2.05) is 0 Å². The van der Waals surface area contributed by atoms with Gasteiger partial charge in [0.05, 0.1) is 0 Å². The smallest absolute Gasteiger partial charge is 0.417 e. The molecule has 2 amide bonds. The Morgan fingerprint density at radius 2 is 1.50 bits per heavy atom. The molecule has 0 aliphatic carbocycles. The Morgan fingerprint density at radius 3 is 1.86 bits per heavy atom. The van der Waals surface area contributed by atoms with Gasteiger partial charge in [-0.05, 0) is 48.0 Å². The summed E-state index contributed by atoms with van der Waals surface area (Å²) in [6, 6.07) is -1.20. The van der Waals surface area contributed by atoms with Crippen molar-refractivity contribution in [3.05, 3.63) is 0 Å². The standard InChI is InChI=1S/C15H25NO6/c1-14(2,3)21-12(19)11(8-7-9-17)16(10-18)13(20)22-15(4,5)6/h9-11H,7-8H2,1-6H3. The van der Waals surface area contributed by atoms with Crippen LogP contribution in [0.1, 0.15) is 54.4 Å². The lowest BCUT2D eigenvalue weighted by molar-refractivity contribution is -0.162. The van der Waals surface area contributed by atoms with E-state index in [4.69, 9.17) is 9.47 Å². The van der Waals surface area contributed by atoms with Gasteiger partial charge in [0.1, 0.15) is 23.5 Å². The molecule has 7 nitrogen and oxygen atoms in total. The van der Waals surface area contributed by atoms with Crippen LogP contribution in [0.2, 0.25) is 0 Å². The van der Waals surface area contributed by atoms with Crippen LogP contribution in [0.3, 0.4) is 0 Å². The van der Waals surface area contributed by atoms with Crippen molar-refractivity contribution in [3.63, 3.8) is 0 Å². The fourth-order valence-corrected chi connectivity index (χ4v) is 1.52. The second-order valence-electron chi connectivity index (χ2n) is 6.79. The molecule has 0 aromatic carbocycles. The van der Waals surface area contributed by atoms with Gasteiger partial charge in [0.25, 0.3) is 0 Å². The molecular weight excluding hydrogens is 290 g/mol. The van der Waals surface area contributed by atoms with Crippen LogP contribution in [0.4, 0.5) is 4.79 Å². The molecule has 0 spiro atoms. The average Bonchev–Trinajstić information content (AvgIpc) is 2.29. The van der Waals surface area contributed by atoms with Crippen molar-refractivity contribution in [1.29, 1.82) is 0 Å². The third-order valence-electron chi connectivity index (χ3n) is 2.29. The summed E-state index contributed by atoms with van der Waals surface area (Å²) in [5.74, 6) is -0.757. The summed E-state index contributed by atoms with van der Waals surface area (Å²) in [5, 5.41) is 0. The minimum Gasteiger partial charge on any atom is -0.458 e. The van der Waals surface area contributed by atoms with Crippen LogP contribution in [0.5, 0.6) is 0 Å². The maximum Gasteiger partial charge on any atom is 0.417 e. The van der Waals surface area contributed by atoms with Gasteiger partial charge >= 0.3 is 12.1 Å². The number of rotatable bonds is 6. The number of aldehydes is 1. The van der Waals surface area contributed by atoms with Crippen molar-refractivity contribution in [1.82, 2.24) is 4.90 Å². The summed E-state index contributed by atoms with van der Waals surface area (Å²) in [7, 11) is 0. The first-order valence-electron chi connectivity index (χ1n) is 7.04. The minimum atomic E-state index is -1.20. The molecule has 0 heterocycles. The highest BCUT2D eigenvalue weighted by Crippen LogP contribution is 2.17. The molecule has 7 heteroatoms. The average molecular weight is 315 g/mol. The number of imide groups is 1. The van der Waals surface area contributed by atoms with Gasteiger partial charge < -0.3 is 14.3 Å². The van der Waals surface area contributed by atoms with Crippen molar-refractivity contribution in [2.24, 2.45) is 0 Å². The zero-order valence-corrected chi connectivity index (χ0v) is 14.0. The highest BCUT2D eigenvalue weighted by Gasteiger charge is 2.35. The normalized spacial score (nSPS) is 13.0. The maximum atomic E-state index is 12.2. The van der Waals surface area contributed by atoms with Gasteiger partial charge in [-0.3, -0.25) is 4.79 Å². The van der Waals surface area contributed by atoms with Crippen LogP contribution >= 0.6 is 0 Å². The van der Waals surface area contributed by atoms with E-state index in [1.54, 1.807) is 41.5 Å². The summed E-state index contributed by atoms with van der Waals surface area (Å²) in [4.78, 5) is 46.6. The molecule has 22 heavy (non-hydrogen) atoms. The van der Waals surface area contributed by atoms with Gasteiger partial charge in [-0.1, -0.05) is 0 Å². The molecule has 0 radical (unpaired) electrons. The third kappa shape index (κ3) is 7.75. The Balaban J connectivity index is 5.26. The van der Waals surface area contributed by atoms with Gasteiger partial charge in [0.15, 0.2) is 0 Å². The first kappa shape index (κ1) is 20.1. The Bertz CT molecular complexity index is 419. The van der Waals surface area contributed by atoms with E-state index in [1.165, 1.54) is 0 Å². The van der Waals surface area contributed by atoms with Crippen molar-refractivity contribution in [3.8, 4) is 0 Å². The Morgan fingerprint density at radius 1 is 1.00 bits per heavy atom. The van der Waals surface area contributed by atoms with Crippen molar-refractivity contribution in [2.75, 3.05) is 0 Å². The SMILES string of the molecule is CC(C)(C)OC(=O)C(CCC=O)N(C=O)C(=O)OC(C)(C)C. The number of amides is 2. The van der Waals surface area contributed by atoms with Crippen molar-refractivity contribution < 1.29 is 28.7 Å². The molecule has 0 aliphatic rings. The molecule has 0 saturated carbocycles. The molecule has 1 unspecified atom stereocenters. The fourth-order valence-electron chi connectivity index (χ4n) is 1.52. The number of esters is 1. The van der Waals surface area contributed by atoms with E-state index >= 15 is 0 Å². The van der Waals surface area contributed by atoms with Crippen LogP contribution < -0.4 is 0 Å². The van der Waals surface area contributed by atoms with Gasteiger partial charge in [0.2, 0.25) is 6.41 Å².